The third kappa shape index (κ3) is 7.34. The highest BCUT2D eigenvalue weighted by molar-refractivity contribution is 6.00. The summed E-state index contributed by atoms with van der Waals surface area (Å²) in [5, 5.41) is 5.55. The molecule has 2 aromatic carbocycles. The molecule has 1 aliphatic carbocycles. The molecule has 2 atom stereocenters. The first kappa shape index (κ1) is 28.7. The van der Waals surface area contributed by atoms with Crippen molar-refractivity contribution in [1.29, 1.82) is 0 Å². The second-order valence-electron chi connectivity index (χ2n) is 10.8. The van der Waals surface area contributed by atoms with E-state index in [1.165, 1.54) is 4.90 Å². The fourth-order valence-electron chi connectivity index (χ4n) is 4.49. The van der Waals surface area contributed by atoms with E-state index in [1.807, 2.05) is 38.1 Å². The average Bonchev–Trinajstić information content (AvgIpc) is 2.78. The number of primary amides is 1. The summed E-state index contributed by atoms with van der Waals surface area (Å²) >= 11 is 0. The van der Waals surface area contributed by atoms with Crippen LogP contribution in [0.15, 0.2) is 48.5 Å². The van der Waals surface area contributed by atoms with Crippen LogP contribution in [0.3, 0.4) is 0 Å². The number of aryl methyl sites for hydroxylation is 2. The van der Waals surface area contributed by atoms with Crippen molar-refractivity contribution < 1.29 is 23.9 Å². The third-order valence-corrected chi connectivity index (χ3v) is 6.49. The van der Waals surface area contributed by atoms with E-state index < -0.39 is 42.0 Å². The highest BCUT2D eigenvalue weighted by Crippen LogP contribution is 2.35. The summed E-state index contributed by atoms with van der Waals surface area (Å²) in [5.74, 6) is -1.71. The molecule has 0 spiro atoms. The van der Waals surface area contributed by atoms with Crippen LogP contribution in [-0.2, 0) is 19.1 Å². The maximum Gasteiger partial charge on any atom is 0.408 e. The van der Waals surface area contributed by atoms with Gasteiger partial charge in [-0.25, -0.2) is 4.79 Å². The monoisotopic (exact) mass is 522 g/mol. The van der Waals surface area contributed by atoms with Crippen LogP contribution >= 0.6 is 0 Å². The molecule has 9 nitrogen and oxygen atoms in total. The van der Waals surface area contributed by atoms with Gasteiger partial charge in [-0.05, 0) is 70.6 Å². The molecule has 2 aromatic rings. The number of hydrogen-bond acceptors (Lipinski definition) is 5. The van der Waals surface area contributed by atoms with E-state index in [1.54, 1.807) is 45.0 Å². The zero-order valence-corrected chi connectivity index (χ0v) is 22.7. The van der Waals surface area contributed by atoms with Crippen molar-refractivity contribution in [2.75, 3.05) is 5.32 Å². The number of nitrogens with two attached hydrogens (primary N) is 1. The molecule has 0 saturated heterocycles. The SMILES string of the molecule is Cc1cccc(C)c1NC(=O)C(c1ccccc1)N(C(=O)C(CC(N)=O)NC(=O)OC(C)(C)C)C1CCC1. The standard InChI is InChI=1S/C29H38N4O5/c1-18-11-9-12-19(2)24(18)32-26(35)25(20-13-7-6-8-14-20)33(21-15-10-16-21)27(36)22(17-23(30)34)31-28(37)38-29(3,4)5/h6-9,11-14,21-22,25H,10,15-17H2,1-5H3,(H2,30,34)(H,31,37)(H,32,35). The lowest BCUT2D eigenvalue weighted by Gasteiger charge is -2.43. The summed E-state index contributed by atoms with van der Waals surface area (Å²) in [4.78, 5) is 54.1. The van der Waals surface area contributed by atoms with Gasteiger partial charge in [-0.3, -0.25) is 14.4 Å². The number of nitrogens with one attached hydrogen (secondary N) is 2. The number of ether oxygens (including phenoxy) is 1. The van der Waals surface area contributed by atoms with E-state index >= 15 is 0 Å². The zero-order chi connectivity index (χ0) is 28.0. The first-order valence-electron chi connectivity index (χ1n) is 12.9. The zero-order valence-electron chi connectivity index (χ0n) is 22.7. The summed E-state index contributed by atoms with van der Waals surface area (Å²) in [7, 11) is 0. The van der Waals surface area contributed by atoms with Crippen molar-refractivity contribution >= 4 is 29.5 Å². The van der Waals surface area contributed by atoms with Gasteiger partial charge in [0, 0.05) is 11.7 Å². The number of carbonyl (C=O) groups is 4. The van der Waals surface area contributed by atoms with Crippen LogP contribution in [0.2, 0.25) is 0 Å². The number of hydrogen-bond donors (Lipinski definition) is 3. The van der Waals surface area contributed by atoms with E-state index in [2.05, 4.69) is 10.6 Å². The summed E-state index contributed by atoms with van der Waals surface area (Å²) in [5.41, 5.74) is 7.73. The largest absolute Gasteiger partial charge is 0.444 e. The lowest BCUT2D eigenvalue weighted by molar-refractivity contribution is -0.146. The van der Waals surface area contributed by atoms with Crippen molar-refractivity contribution in [3.8, 4) is 0 Å². The molecule has 4 N–H and O–H groups in total. The predicted molar refractivity (Wildman–Crippen MR) is 145 cm³/mol. The van der Waals surface area contributed by atoms with Gasteiger partial charge in [-0.15, -0.1) is 0 Å². The van der Waals surface area contributed by atoms with Gasteiger partial charge in [0.15, 0.2) is 0 Å². The van der Waals surface area contributed by atoms with Gasteiger partial charge < -0.3 is 26.0 Å². The Kier molecular flexibility index (Phi) is 9.14. The van der Waals surface area contributed by atoms with Crippen molar-refractivity contribution in [3.05, 3.63) is 65.2 Å². The Balaban J connectivity index is 2.02. The molecule has 1 saturated carbocycles. The Bertz CT molecular complexity index is 1150. The number of amides is 4. The maximum atomic E-state index is 14.1. The Morgan fingerprint density at radius 1 is 1.00 bits per heavy atom. The Morgan fingerprint density at radius 3 is 2.11 bits per heavy atom. The lowest BCUT2D eigenvalue weighted by Crippen LogP contribution is -2.57. The highest BCUT2D eigenvalue weighted by atomic mass is 16.6. The van der Waals surface area contributed by atoms with Crippen LogP contribution in [0.4, 0.5) is 10.5 Å². The van der Waals surface area contributed by atoms with Gasteiger partial charge in [0.25, 0.3) is 5.91 Å². The fourth-order valence-corrected chi connectivity index (χ4v) is 4.49. The normalized spacial score (nSPS) is 15.0. The number of para-hydroxylation sites is 1. The van der Waals surface area contributed by atoms with Crippen LogP contribution in [0.5, 0.6) is 0 Å². The Labute approximate surface area is 224 Å². The molecule has 2 unspecified atom stereocenters. The van der Waals surface area contributed by atoms with Gasteiger partial charge in [0.1, 0.15) is 17.7 Å². The van der Waals surface area contributed by atoms with E-state index in [0.717, 1.165) is 17.5 Å². The molecule has 0 heterocycles. The molecule has 1 aliphatic rings. The molecular formula is C29H38N4O5. The maximum absolute atomic E-state index is 14.1. The Morgan fingerprint density at radius 2 is 1.61 bits per heavy atom. The summed E-state index contributed by atoms with van der Waals surface area (Å²) in [6, 6.07) is 12.2. The molecule has 204 valence electrons. The smallest absolute Gasteiger partial charge is 0.408 e. The van der Waals surface area contributed by atoms with E-state index in [9.17, 15) is 19.2 Å². The first-order chi connectivity index (χ1) is 17.9. The molecule has 0 aliphatic heterocycles. The van der Waals surface area contributed by atoms with Gasteiger partial charge in [0.2, 0.25) is 11.8 Å². The van der Waals surface area contributed by atoms with Crippen LogP contribution in [-0.4, -0.2) is 46.4 Å². The molecule has 0 bridgehead atoms. The van der Waals surface area contributed by atoms with Gasteiger partial charge in [0.05, 0.1) is 6.42 Å². The van der Waals surface area contributed by atoms with Gasteiger partial charge in [-0.1, -0.05) is 48.5 Å². The highest BCUT2D eigenvalue weighted by Gasteiger charge is 2.42. The van der Waals surface area contributed by atoms with E-state index in [4.69, 9.17) is 10.5 Å². The van der Waals surface area contributed by atoms with Crippen molar-refractivity contribution in [3.63, 3.8) is 0 Å². The molecule has 4 amide bonds. The average molecular weight is 523 g/mol. The van der Waals surface area contributed by atoms with Gasteiger partial charge >= 0.3 is 6.09 Å². The number of alkyl carbamates (subject to hydrolysis) is 1. The quantitative estimate of drug-likeness (QED) is 0.456. The summed E-state index contributed by atoms with van der Waals surface area (Å²) in [6.07, 6.45) is 1.01. The second-order valence-corrected chi connectivity index (χ2v) is 10.8. The van der Waals surface area contributed by atoms with Crippen LogP contribution in [0, 0.1) is 13.8 Å². The van der Waals surface area contributed by atoms with E-state index in [-0.39, 0.29) is 11.9 Å². The molecule has 3 rings (SSSR count). The van der Waals surface area contributed by atoms with Crippen LogP contribution in [0.25, 0.3) is 0 Å². The third-order valence-electron chi connectivity index (χ3n) is 6.49. The molecule has 9 heteroatoms. The number of rotatable bonds is 9. The number of nitrogens with zero attached hydrogens (tertiary/aromatic N) is 1. The minimum absolute atomic E-state index is 0.243. The molecule has 0 aromatic heterocycles. The number of carbonyl (C=O) groups excluding carboxylic acids is 4. The first-order valence-corrected chi connectivity index (χ1v) is 12.9. The van der Waals surface area contributed by atoms with Crippen LogP contribution < -0.4 is 16.4 Å². The van der Waals surface area contributed by atoms with Crippen molar-refractivity contribution in [1.82, 2.24) is 10.2 Å². The summed E-state index contributed by atoms with van der Waals surface area (Å²) in [6.45, 7) is 8.90. The molecule has 38 heavy (non-hydrogen) atoms. The van der Waals surface area contributed by atoms with Gasteiger partial charge in [-0.2, -0.15) is 0 Å². The Hall–Kier alpha value is -3.88. The topological polar surface area (TPSA) is 131 Å². The van der Waals surface area contributed by atoms with Crippen molar-refractivity contribution in [2.45, 2.75) is 84.0 Å². The molecular weight excluding hydrogens is 484 g/mol. The minimum atomic E-state index is -1.29. The minimum Gasteiger partial charge on any atom is -0.444 e. The van der Waals surface area contributed by atoms with Crippen LogP contribution in [0.1, 0.15) is 69.2 Å². The number of benzene rings is 2. The second kappa shape index (κ2) is 12.1. The lowest BCUT2D eigenvalue weighted by atomic mass is 9.87. The van der Waals surface area contributed by atoms with Crippen molar-refractivity contribution in [2.24, 2.45) is 5.73 Å². The molecule has 0 radical (unpaired) electrons. The summed E-state index contributed by atoms with van der Waals surface area (Å²) < 4.78 is 5.33. The molecule has 1 fully saturated rings. The van der Waals surface area contributed by atoms with E-state index in [0.29, 0.717) is 24.1 Å². The number of anilines is 1. The predicted octanol–water partition coefficient (Wildman–Crippen LogP) is 4.13. The fraction of sp³-hybridized carbons (Fsp3) is 0.448.